The van der Waals surface area contributed by atoms with Crippen LogP contribution in [0.3, 0.4) is 0 Å². The van der Waals surface area contributed by atoms with E-state index in [4.69, 9.17) is 16.3 Å². The minimum Gasteiger partial charge on any atom is -0.495 e. The van der Waals surface area contributed by atoms with Crippen molar-refractivity contribution < 1.29 is 14.3 Å². The second kappa shape index (κ2) is 9.27. The molecule has 0 saturated carbocycles. The summed E-state index contributed by atoms with van der Waals surface area (Å²) >= 11 is 9.41. The van der Waals surface area contributed by atoms with Crippen LogP contribution in [0.4, 0.5) is 11.4 Å². The molecule has 2 aromatic carbocycles. The maximum atomic E-state index is 12.6. The fourth-order valence-electron chi connectivity index (χ4n) is 2.74. The molecule has 3 aromatic rings. The Morgan fingerprint density at radius 2 is 1.93 bits per heavy atom. The van der Waals surface area contributed by atoms with Crippen molar-refractivity contribution in [1.29, 1.82) is 0 Å². The van der Waals surface area contributed by atoms with Crippen LogP contribution in [0.15, 0.2) is 40.9 Å². The molecule has 1 heterocycles. The first-order valence-corrected chi connectivity index (χ1v) is 10.1. The Morgan fingerprint density at radius 1 is 1.17 bits per heavy atom. The number of amides is 2. The van der Waals surface area contributed by atoms with Gasteiger partial charge in [-0.05, 0) is 55.8 Å². The first-order chi connectivity index (χ1) is 14.3. The van der Waals surface area contributed by atoms with Crippen molar-refractivity contribution in [1.82, 2.24) is 15.0 Å². The molecular weight excluding hydrogens is 474 g/mol. The number of ether oxygens (including phenoxy) is 1. The van der Waals surface area contributed by atoms with E-state index in [0.29, 0.717) is 27.8 Å². The van der Waals surface area contributed by atoms with E-state index in [2.05, 4.69) is 36.9 Å². The maximum absolute atomic E-state index is 12.6. The van der Waals surface area contributed by atoms with E-state index in [-0.39, 0.29) is 18.1 Å². The molecule has 30 heavy (non-hydrogen) atoms. The van der Waals surface area contributed by atoms with Crippen LogP contribution in [0.1, 0.15) is 21.7 Å². The van der Waals surface area contributed by atoms with Gasteiger partial charge in [0.1, 0.15) is 12.3 Å². The van der Waals surface area contributed by atoms with Gasteiger partial charge in [0.25, 0.3) is 5.91 Å². The lowest BCUT2D eigenvalue weighted by Crippen LogP contribution is -2.21. The Morgan fingerprint density at radius 3 is 2.63 bits per heavy atom. The lowest BCUT2D eigenvalue weighted by atomic mass is 10.2. The third kappa shape index (κ3) is 4.98. The van der Waals surface area contributed by atoms with Crippen molar-refractivity contribution in [2.45, 2.75) is 20.4 Å². The van der Waals surface area contributed by atoms with Gasteiger partial charge in [-0.2, -0.15) is 0 Å². The minimum absolute atomic E-state index is 0.126. The average molecular weight is 493 g/mol. The van der Waals surface area contributed by atoms with Gasteiger partial charge in [0, 0.05) is 15.2 Å². The molecule has 0 aliphatic carbocycles. The lowest BCUT2D eigenvalue weighted by molar-refractivity contribution is -0.117. The van der Waals surface area contributed by atoms with E-state index in [1.54, 1.807) is 31.2 Å². The average Bonchev–Trinajstić information content (AvgIpc) is 3.05. The molecule has 3 rings (SSSR count). The quantitative estimate of drug-likeness (QED) is 0.537. The van der Waals surface area contributed by atoms with Gasteiger partial charge in [-0.3, -0.25) is 9.59 Å². The molecule has 2 amide bonds. The molecule has 0 saturated heterocycles. The number of aryl methyl sites for hydroxylation is 1. The van der Waals surface area contributed by atoms with Gasteiger partial charge in [0.05, 0.1) is 18.5 Å². The Hall–Kier alpha value is -2.91. The number of benzene rings is 2. The van der Waals surface area contributed by atoms with Crippen molar-refractivity contribution in [3.05, 3.63) is 62.8 Å². The van der Waals surface area contributed by atoms with Crippen molar-refractivity contribution in [2.75, 3.05) is 17.7 Å². The van der Waals surface area contributed by atoms with E-state index in [0.717, 1.165) is 10.0 Å². The molecule has 1 aromatic heterocycles. The van der Waals surface area contributed by atoms with Gasteiger partial charge in [-0.25, -0.2) is 4.68 Å². The highest BCUT2D eigenvalue weighted by atomic mass is 79.9. The zero-order chi connectivity index (χ0) is 21.8. The zero-order valence-corrected chi connectivity index (χ0v) is 18.8. The van der Waals surface area contributed by atoms with Gasteiger partial charge in [0.2, 0.25) is 5.91 Å². The normalized spacial score (nSPS) is 10.6. The summed E-state index contributed by atoms with van der Waals surface area (Å²) in [6.45, 7) is 3.48. The number of nitrogens with one attached hydrogen (secondary N) is 2. The molecule has 0 aliphatic heterocycles. The van der Waals surface area contributed by atoms with E-state index >= 15 is 0 Å². The number of carbonyl (C=O) groups is 2. The van der Waals surface area contributed by atoms with Crippen LogP contribution in [0.2, 0.25) is 5.02 Å². The van der Waals surface area contributed by atoms with Gasteiger partial charge in [-0.15, -0.1) is 5.10 Å². The van der Waals surface area contributed by atoms with Gasteiger partial charge >= 0.3 is 0 Å². The second-order valence-electron chi connectivity index (χ2n) is 6.49. The molecular formula is C20H19BrClN5O3. The predicted molar refractivity (Wildman–Crippen MR) is 118 cm³/mol. The van der Waals surface area contributed by atoms with Crippen LogP contribution < -0.4 is 15.4 Å². The third-order valence-corrected chi connectivity index (χ3v) is 5.47. The van der Waals surface area contributed by atoms with Crippen LogP contribution in [0.25, 0.3) is 0 Å². The van der Waals surface area contributed by atoms with Crippen LogP contribution >= 0.6 is 27.5 Å². The molecule has 8 nitrogen and oxygen atoms in total. The van der Waals surface area contributed by atoms with E-state index < -0.39 is 5.91 Å². The Kier molecular flexibility index (Phi) is 6.73. The topological polar surface area (TPSA) is 98.1 Å². The van der Waals surface area contributed by atoms with E-state index in [9.17, 15) is 9.59 Å². The summed E-state index contributed by atoms with van der Waals surface area (Å²) in [5.74, 6) is -0.288. The van der Waals surface area contributed by atoms with Crippen LogP contribution in [0, 0.1) is 13.8 Å². The summed E-state index contributed by atoms with van der Waals surface area (Å²) in [7, 11) is 1.50. The fraction of sp³-hybridized carbons (Fsp3) is 0.200. The highest BCUT2D eigenvalue weighted by Crippen LogP contribution is 2.27. The summed E-state index contributed by atoms with van der Waals surface area (Å²) < 4.78 is 7.52. The highest BCUT2D eigenvalue weighted by Gasteiger charge is 2.19. The Bertz CT molecular complexity index is 1120. The number of anilines is 2. The number of nitrogens with zero attached hydrogens (tertiary/aromatic N) is 3. The van der Waals surface area contributed by atoms with E-state index in [1.807, 2.05) is 19.1 Å². The highest BCUT2D eigenvalue weighted by molar-refractivity contribution is 9.10. The monoisotopic (exact) mass is 491 g/mol. The molecule has 0 fully saturated rings. The van der Waals surface area contributed by atoms with Crippen LogP contribution in [-0.2, 0) is 11.3 Å². The Labute approximate surface area is 186 Å². The van der Waals surface area contributed by atoms with Gasteiger partial charge < -0.3 is 15.4 Å². The predicted octanol–water partition coefficient (Wildman–Crippen LogP) is 4.21. The number of hydrogen-bond acceptors (Lipinski definition) is 5. The minimum atomic E-state index is -0.405. The summed E-state index contributed by atoms with van der Waals surface area (Å²) in [6.07, 6.45) is 0. The molecule has 0 atom stereocenters. The smallest absolute Gasteiger partial charge is 0.278 e. The summed E-state index contributed by atoms with van der Waals surface area (Å²) in [6, 6.07) is 10.4. The fourth-order valence-corrected chi connectivity index (χ4v) is 3.16. The number of carbonyl (C=O) groups excluding carboxylic acids is 2. The molecule has 0 bridgehead atoms. The number of methoxy groups -OCH3 is 1. The molecule has 156 valence electrons. The third-order valence-electron chi connectivity index (χ3n) is 4.34. The maximum Gasteiger partial charge on any atom is 0.278 e. The van der Waals surface area contributed by atoms with Crippen molar-refractivity contribution >= 4 is 50.7 Å². The van der Waals surface area contributed by atoms with Crippen molar-refractivity contribution in [2.24, 2.45) is 0 Å². The number of aromatic nitrogens is 3. The number of rotatable bonds is 6. The SMILES string of the molecule is COc1ccc(Cl)cc1NC(=O)Cn1nnc(C(=O)Nc2ccc(Br)c(C)c2)c1C. The van der Waals surface area contributed by atoms with Crippen LogP contribution in [-0.4, -0.2) is 33.9 Å². The first kappa shape index (κ1) is 21.8. The lowest BCUT2D eigenvalue weighted by Gasteiger charge is -2.11. The number of hydrogen-bond donors (Lipinski definition) is 2. The number of halogens is 2. The van der Waals surface area contributed by atoms with Gasteiger partial charge in [-0.1, -0.05) is 32.7 Å². The second-order valence-corrected chi connectivity index (χ2v) is 7.78. The van der Waals surface area contributed by atoms with Crippen molar-refractivity contribution in [3.63, 3.8) is 0 Å². The van der Waals surface area contributed by atoms with Crippen LogP contribution in [0.5, 0.6) is 5.75 Å². The molecule has 0 aliphatic rings. The molecule has 0 spiro atoms. The van der Waals surface area contributed by atoms with E-state index in [1.165, 1.54) is 11.8 Å². The summed E-state index contributed by atoms with van der Waals surface area (Å²) in [5, 5.41) is 13.8. The van der Waals surface area contributed by atoms with Gasteiger partial charge in [0.15, 0.2) is 5.69 Å². The molecule has 0 unspecified atom stereocenters. The summed E-state index contributed by atoms with van der Waals surface area (Å²) in [4.78, 5) is 25.0. The summed E-state index contributed by atoms with van der Waals surface area (Å²) in [5.41, 5.74) is 2.68. The Balaban J connectivity index is 1.70. The standard InChI is InChI=1S/C20H19BrClN5O3/c1-11-8-14(5-6-15(11)21)23-20(29)19-12(2)27(26-25-19)10-18(28)24-16-9-13(22)4-7-17(16)30-3/h4-9H,10H2,1-3H3,(H,23,29)(H,24,28). The molecule has 2 N–H and O–H groups in total. The zero-order valence-electron chi connectivity index (χ0n) is 16.5. The largest absolute Gasteiger partial charge is 0.495 e. The first-order valence-electron chi connectivity index (χ1n) is 8.89. The van der Waals surface area contributed by atoms with Crippen molar-refractivity contribution in [3.8, 4) is 5.75 Å². The molecule has 10 heteroatoms. The molecule has 0 radical (unpaired) electrons.